The van der Waals surface area contributed by atoms with Crippen LogP contribution in [0.25, 0.3) is 5.69 Å². The molecule has 1 amide bonds. The van der Waals surface area contributed by atoms with Gasteiger partial charge in [-0.15, -0.1) is 0 Å². The number of rotatable bonds is 4. The molecule has 1 fully saturated rings. The molecule has 0 bridgehead atoms. The van der Waals surface area contributed by atoms with Crippen LogP contribution in [-0.2, 0) is 4.74 Å². The summed E-state index contributed by atoms with van der Waals surface area (Å²) >= 11 is 0. The van der Waals surface area contributed by atoms with Crippen molar-refractivity contribution >= 4 is 5.91 Å². The Kier molecular flexibility index (Phi) is 4.28. The van der Waals surface area contributed by atoms with Crippen molar-refractivity contribution in [2.24, 2.45) is 0 Å². The monoisotopic (exact) mass is 286 g/mol. The van der Waals surface area contributed by atoms with E-state index in [9.17, 15) is 4.79 Å². The van der Waals surface area contributed by atoms with E-state index < -0.39 is 0 Å². The quantitative estimate of drug-likeness (QED) is 0.863. The number of carbonyl (C=O) groups excluding carboxylic acids is 1. The fraction of sp³-hybridized carbons (Fsp3) is 0.333. The summed E-state index contributed by atoms with van der Waals surface area (Å²) in [6.07, 6.45) is 3.31. The number of para-hydroxylation sites is 1. The maximum Gasteiger partial charge on any atom is 0.254 e. The van der Waals surface area contributed by atoms with E-state index in [1.165, 1.54) is 0 Å². The molecule has 1 atom stereocenters. The van der Waals surface area contributed by atoms with Gasteiger partial charge in [-0.3, -0.25) is 4.79 Å². The van der Waals surface area contributed by atoms with E-state index in [0.717, 1.165) is 18.8 Å². The maximum atomic E-state index is 12.1. The largest absolute Gasteiger partial charge is 0.378 e. The average molecular weight is 286 g/mol. The van der Waals surface area contributed by atoms with Crippen molar-refractivity contribution in [1.29, 1.82) is 0 Å². The summed E-state index contributed by atoms with van der Waals surface area (Å²) in [5.74, 6) is -0.121. The van der Waals surface area contributed by atoms with Crippen LogP contribution in [0.5, 0.6) is 0 Å². The second-order valence-corrected chi connectivity index (χ2v) is 4.95. The number of aromatic nitrogens is 2. The van der Waals surface area contributed by atoms with Crippen LogP contribution in [0.15, 0.2) is 42.7 Å². The highest BCUT2D eigenvalue weighted by atomic mass is 16.5. The van der Waals surface area contributed by atoms with Gasteiger partial charge in [0.25, 0.3) is 5.91 Å². The van der Waals surface area contributed by atoms with E-state index in [1.807, 2.05) is 30.3 Å². The first-order valence-corrected chi connectivity index (χ1v) is 7.02. The Morgan fingerprint density at radius 1 is 1.43 bits per heavy atom. The summed E-state index contributed by atoms with van der Waals surface area (Å²) in [7, 11) is 0. The first-order valence-electron chi connectivity index (χ1n) is 7.02. The molecule has 21 heavy (non-hydrogen) atoms. The molecular formula is C15H18N4O2. The van der Waals surface area contributed by atoms with Crippen LogP contribution in [0, 0.1) is 0 Å². The third-order valence-electron chi connectivity index (χ3n) is 3.37. The zero-order valence-corrected chi connectivity index (χ0v) is 11.7. The number of carbonyl (C=O) groups is 1. The standard InChI is InChI=1S/C15H18N4O2/c20-15(17-9-13-11-21-7-6-16-13)12-8-18-19(10-12)14-4-2-1-3-5-14/h1-5,8,10,13,16H,6-7,9,11H2,(H,17,20). The number of nitrogens with zero attached hydrogens (tertiary/aromatic N) is 2. The fourth-order valence-electron chi connectivity index (χ4n) is 2.23. The molecule has 110 valence electrons. The zero-order chi connectivity index (χ0) is 14.5. The van der Waals surface area contributed by atoms with Crippen molar-refractivity contribution in [1.82, 2.24) is 20.4 Å². The highest BCUT2D eigenvalue weighted by Gasteiger charge is 2.15. The van der Waals surface area contributed by atoms with Crippen LogP contribution in [0.2, 0.25) is 0 Å². The summed E-state index contributed by atoms with van der Waals surface area (Å²) in [6, 6.07) is 9.87. The predicted octanol–water partition coefficient (Wildman–Crippen LogP) is 0.591. The van der Waals surface area contributed by atoms with Crippen LogP contribution in [0.3, 0.4) is 0 Å². The van der Waals surface area contributed by atoms with E-state index in [2.05, 4.69) is 15.7 Å². The molecule has 6 heteroatoms. The summed E-state index contributed by atoms with van der Waals surface area (Å²) in [5.41, 5.74) is 1.48. The minimum Gasteiger partial charge on any atom is -0.378 e. The van der Waals surface area contributed by atoms with Crippen LogP contribution in [-0.4, -0.2) is 48.0 Å². The van der Waals surface area contributed by atoms with E-state index in [1.54, 1.807) is 17.1 Å². The Labute approximate surface area is 123 Å². The van der Waals surface area contributed by atoms with Gasteiger partial charge in [-0.25, -0.2) is 4.68 Å². The van der Waals surface area contributed by atoms with E-state index in [-0.39, 0.29) is 11.9 Å². The van der Waals surface area contributed by atoms with Crippen LogP contribution in [0.1, 0.15) is 10.4 Å². The predicted molar refractivity (Wildman–Crippen MR) is 78.5 cm³/mol. The summed E-state index contributed by atoms with van der Waals surface area (Å²) in [6.45, 7) is 2.74. The molecule has 1 aliphatic rings. The fourth-order valence-corrected chi connectivity index (χ4v) is 2.23. The first-order chi connectivity index (χ1) is 10.3. The van der Waals surface area contributed by atoms with Crippen molar-refractivity contribution in [3.63, 3.8) is 0 Å². The van der Waals surface area contributed by atoms with Crippen molar-refractivity contribution in [2.75, 3.05) is 26.3 Å². The average Bonchev–Trinajstić information content (AvgIpc) is 3.04. The van der Waals surface area contributed by atoms with Crippen LogP contribution < -0.4 is 10.6 Å². The van der Waals surface area contributed by atoms with Crippen molar-refractivity contribution < 1.29 is 9.53 Å². The lowest BCUT2D eigenvalue weighted by Crippen LogP contribution is -2.48. The zero-order valence-electron chi connectivity index (χ0n) is 11.7. The van der Waals surface area contributed by atoms with E-state index in [4.69, 9.17) is 4.74 Å². The Morgan fingerprint density at radius 3 is 3.05 bits per heavy atom. The van der Waals surface area contributed by atoms with Gasteiger partial charge < -0.3 is 15.4 Å². The van der Waals surface area contributed by atoms with Gasteiger partial charge in [-0.05, 0) is 12.1 Å². The Balaban J connectivity index is 1.59. The van der Waals surface area contributed by atoms with Gasteiger partial charge in [0.15, 0.2) is 0 Å². The molecular weight excluding hydrogens is 268 g/mol. The molecule has 2 N–H and O–H groups in total. The highest BCUT2D eigenvalue weighted by molar-refractivity contribution is 5.93. The van der Waals surface area contributed by atoms with Crippen molar-refractivity contribution in [3.8, 4) is 5.69 Å². The number of benzene rings is 1. The summed E-state index contributed by atoms with van der Waals surface area (Å²) in [5, 5.41) is 10.4. The molecule has 1 aliphatic heterocycles. The van der Waals surface area contributed by atoms with Gasteiger partial charge in [-0.1, -0.05) is 18.2 Å². The second kappa shape index (κ2) is 6.51. The molecule has 3 rings (SSSR count). The third kappa shape index (κ3) is 3.48. The van der Waals surface area contributed by atoms with Gasteiger partial charge in [0, 0.05) is 25.3 Å². The normalized spacial score (nSPS) is 18.4. The van der Waals surface area contributed by atoms with Crippen molar-refractivity contribution in [3.05, 3.63) is 48.3 Å². The summed E-state index contributed by atoms with van der Waals surface area (Å²) in [4.78, 5) is 12.1. The molecule has 1 saturated heterocycles. The Bertz CT molecular complexity index is 591. The minimum atomic E-state index is -0.121. The lowest BCUT2D eigenvalue weighted by molar-refractivity contribution is 0.0734. The molecule has 2 heterocycles. The van der Waals surface area contributed by atoms with Crippen LogP contribution >= 0.6 is 0 Å². The topological polar surface area (TPSA) is 68.2 Å². The Hall–Kier alpha value is -2.18. The maximum absolute atomic E-state index is 12.1. The number of amides is 1. The molecule has 0 aliphatic carbocycles. The summed E-state index contributed by atoms with van der Waals surface area (Å²) < 4.78 is 7.04. The van der Waals surface area contributed by atoms with Gasteiger partial charge in [0.1, 0.15) is 0 Å². The van der Waals surface area contributed by atoms with Gasteiger partial charge >= 0.3 is 0 Å². The number of nitrogens with one attached hydrogen (secondary N) is 2. The number of ether oxygens (including phenoxy) is 1. The smallest absolute Gasteiger partial charge is 0.254 e. The van der Waals surface area contributed by atoms with Crippen molar-refractivity contribution in [2.45, 2.75) is 6.04 Å². The van der Waals surface area contributed by atoms with Gasteiger partial charge in [-0.2, -0.15) is 5.10 Å². The van der Waals surface area contributed by atoms with E-state index >= 15 is 0 Å². The number of hydrogen-bond acceptors (Lipinski definition) is 4. The van der Waals surface area contributed by atoms with E-state index in [0.29, 0.717) is 18.7 Å². The first kappa shape index (κ1) is 13.8. The molecule has 0 spiro atoms. The Morgan fingerprint density at radius 2 is 2.29 bits per heavy atom. The lowest BCUT2D eigenvalue weighted by Gasteiger charge is -2.23. The number of morpholine rings is 1. The molecule has 1 aromatic carbocycles. The SMILES string of the molecule is O=C(NCC1COCCN1)c1cnn(-c2ccccc2)c1. The van der Waals surface area contributed by atoms with Gasteiger partial charge in [0.05, 0.1) is 30.7 Å². The lowest BCUT2D eigenvalue weighted by atomic mass is 10.2. The number of hydrogen-bond donors (Lipinski definition) is 2. The second-order valence-electron chi connectivity index (χ2n) is 4.95. The third-order valence-corrected chi connectivity index (χ3v) is 3.37. The molecule has 1 unspecified atom stereocenters. The minimum absolute atomic E-state index is 0.121. The molecule has 1 aromatic heterocycles. The molecule has 2 aromatic rings. The van der Waals surface area contributed by atoms with Crippen LogP contribution in [0.4, 0.5) is 0 Å². The molecule has 6 nitrogen and oxygen atoms in total. The molecule has 0 saturated carbocycles. The molecule has 0 radical (unpaired) electrons. The van der Waals surface area contributed by atoms with Gasteiger partial charge in [0.2, 0.25) is 0 Å². The highest BCUT2D eigenvalue weighted by Crippen LogP contribution is 2.07.